The fraction of sp³-hybridized carbons (Fsp3) is 0.100. The van der Waals surface area contributed by atoms with Crippen molar-refractivity contribution in [2.24, 2.45) is 0 Å². The van der Waals surface area contributed by atoms with Crippen LogP contribution in [0.25, 0.3) is 22.3 Å². The molecular formula is C20H15F2N3O. The van der Waals surface area contributed by atoms with Crippen molar-refractivity contribution in [2.45, 2.75) is 6.42 Å². The van der Waals surface area contributed by atoms with Gasteiger partial charge in [-0.1, -0.05) is 30.3 Å². The third kappa shape index (κ3) is 2.69. The molecule has 0 radical (unpaired) electrons. The van der Waals surface area contributed by atoms with Gasteiger partial charge >= 0.3 is 0 Å². The predicted molar refractivity (Wildman–Crippen MR) is 95.5 cm³/mol. The summed E-state index contributed by atoms with van der Waals surface area (Å²) < 4.78 is 28.8. The number of fused-ring (bicyclic) bond motifs is 1. The number of halogens is 2. The van der Waals surface area contributed by atoms with E-state index in [0.29, 0.717) is 35.2 Å². The molecule has 1 aromatic heterocycles. The van der Waals surface area contributed by atoms with Gasteiger partial charge in [0.05, 0.1) is 5.56 Å². The Balaban J connectivity index is 1.89. The third-order valence-electron chi connectivity index (χ3n) is 4.48. The molecule has 1 amide bonds. The Morgan fingerprint density at radius 2 is 1.77 bits per heavy atom. The summed E-state index contributed by atoms with van der Waals surface area (Å²) in [6, 6.07) is 13.5. The molecule has 3 N–H and O–H groups in total. The summed E-state index contributed by atoms with van der Waals surface area (Å²) in [6.07, 6.45) is 0.520. The second-order valence-corrected chi connectivity index (χ2v) is 6.12. The minimum Gasteiger partial charge on any atom is -0.383 e. The molecule has 0 atom stereocenters. The lowest BCUT2D eigenvalue weighted by atomic mass is 9.93. The Hall–Kier alpha value is -3.28. The van der Waals surface area contributed by atoms with Gasteiger partial charge in [0, 0.05) is 17.7 Å². The Kier molecular flexibility index (Phi) is 3.88. The smallest absolute Gasteiger partial charge is 0.254 e. The van der Waals surface area contributed by atoms with Crippen LogP contribution in [-0.2, 0) is 6.42 Å². The van der Waals surface area contributed by atoms with Crippen molar-refractivity contribution >= 4 is 11.7 Å². The highest BCUT2D eigenvalue weighted by Gasteiger charge is 2.23. The summed E-state index contributed by atoms with van der Waals surface area (Å²) >= 11 is 0. The summed E-state index contributed by atoms with van der Waals surface area (Å²) in [6.45, 7) is 0.446. The number of aromatic nitrogens is 1. The van der Waals surface area contributed by atoms with E-state index in [-0.39, 0.29) is 16.9 Å². The fourth-order valence-electron chi connectivity index (χ4n) is 3.23. The fourth-order valence-corrected chi connectivity index (χ4v) is 3.23. The average molecular weight is 351 g/mol. The zero-order valence-corrected chi connectivity index (χ0v) is 13.7. The molecule has 2 heterocycles. The van der Waals surface area contributed by atoms with Gasteiger partial charge < -0.3 is 11.1 Å². The molecule has 1 aliphatic rings. The van der Waals surface area contributed by atoms with Gasteiger partial charge in [0.1, 0.15) is 11.6 Å². The summed E-state index contributed by atoms with van der Waals surface area (Å²) in [7, 11) is 0. The molecule has 0 aliphatic carbocycles. The number of carbonyl (C=O) groups excluding carboxylic acids is 1. The lowest BCUT2D eigenvalue weighted by Crippen LogP contribution is -2.32. The van der Waals surface area contributed by atoms with Crippen molar-refractivity contribution < 1.29 is 13.6 Å². The summed E-state index contributed by atoms with van der Waals surface area (Å²) in [5.74, 6) is -1.76. The maximum absolute atomic E-state index is 14.5. The number of nitrogen functional groups attached to an aromatic ring is 1. The molecule has 0 bridgehead atoms. The molecule has 0 spiro atoms. The van der Waals surface area contributed by atoms with E-state index in [0.717, 1.165) is 0 Å². The van der Waals surface area contributed by atoms with Crippen molar-refractivity contribution in [1.82, 2.24) is 10.3 Å². The normalized spacial score (nSPS) is 13.2. The van der Waals surface area contributed by atoms with Gasteiger partial charge in [-0.15, -0.1) is 0 Å². The lowest BCUT2D eigenvalue weighted by molar-refractivity contribution is 0.0941. The first kappa shape index (κ1) is 16.2. The lowest BCUT2D eigenvalue weighted by Gasteiger charge is -2.19. The molecule has 6 heteroatoms. The summed E-state index contributed by atoms with van der Waals surface area (Å²) in [4.78, 5) is 15.7. The van der Waals surface area contributed by atoms with E-state index < -0.39 is 17.7 Å². The van der Waals surface area contributed by atoms with Gasteiger partial charge in [-0.2, -0.15) is 4.39 Å². The predicted octanol–water partition coefficient (Wildman–Crippen LogP) is 3.56. The highest BCUT2D eigenvalue weighted by molar-refractivity contribution is 5.98. The van der Waals surface area contributed by atoms with E-state index in [1.165, 1.54) is 6.07 Å². The maximum atomic E-state index is 14.5. The topological polar surface area (TPSA) is 68.0 Å². The van der Waals surface area contributed by atoms with Crippen molar-refractivity contribution in [3.63, 3.8) is 0 Å². The average Bonchev–Trinajstić information content (AvgIpc) is 2.62. The Labute approximate surface area is 148 Å². The van der Waals surface area contributed by atoms with Gasteiger partial charge in [0.15, 0.2) is 0 Å². The summed E-state index contributed by atoms with van der Waals surface area (Å²) in [5, 5.41) is 2.62. The number of benzene rings is 2. The molecule has 3 aromatic rings. The number of rotatable bonds is 2. The first-order chi connectivity index (χ1) is 12.5. The van der Waals surface area contributed by atoms with Gasteiger partial charge in [-0.05, 0) is 41.3 Å². The number of nitrogens with two attached hydrogens (primary N) is 1. The quantitative estimate of drug-likeness (QED) is 0.694. The van der Waals surface area contributed by atoms with Crippen LogP contribution >= 0.6 is 0 Å². The number of nitrogens with zero attached hydrogens (tertiary/aromatic N) is 1. The van der Waals surface area contributed by atoms with Crippen LogP contribution in [0.5, 0.6) is 0 Å². The van der Waals surface area contributed by atoms with Crippen LogP contribution < -0.4 is 11.1 Å². The van der Waals surface area contributed by atoms with Crippen LogP contribution in [0.15, 0.2) is 48.5 Å². The highest BCUT2D eigenvalue weighted by atomic mass is 19.1. The number of hydrogen-bond acceptors (Lipinski definition) is 3. The number of hydrogen-bond donors (Lipinski definition) is 2. The molecule has 4 rings (SSSR count). The van der Waals surface area contributed by atoms with E-state index in [1.807, 2.05) is 6.07 Å². The van der Waals surface area contributed by atoms with Crippen molar-refractivity contribution in [1.29, 1.82) is 0 Å². The number of pyridine rings is 1. The van der Waals surface area contributed by atoms with Crippen LogP contribution in [-0.4, -0.2) is 17.4 Å². The van der Waals surface area contributed by atoms with Gasteiger partial charge in [0.25, 0.3) is 5.91 Å². The van der Waals surface area contributed by atoms with E-state index in [9.17, 15) is 13.6 Å². The minimum absolute atomic E-state index is 0.0261. The van der Waals surface area contributed by atoms with Crippen LogP contribution in [0.4, 0.5) is 14.6 Å². The molecule has 130 valence electrons. The molecular weight excluding hydrogens is 336 g/mol. The van der Waals surface area contributed by atoms with Crippen molar-refractivity contribution in [3.8, 4) is 22.3 Å². The Morgan fingerprint density at radius 1 is 1.00 bits per heavy atom. The number of nitrogens with one attached hydrogen (secondary N) is 1. The van der Waals surface area contributed by atoms with Crippen LogP contribution in [0.1, 0.15) is 15.9 Å². The molecule has 0 saturated heterocycles. The van der Waals surface area contributed by atoms with Gasteiger partial charge in [-0.25, -0.2) is 9.37 Å². The SMILES string of the molecule is Nc1nc(F)c(-c2ccccc2)cc1-c1cc(F)c2c(c1)CCNC2=O. The number of carbonyl (C=O) groups is 1. The minimum atomic E-state index is -0.685. The third-order valence-corrected chi connectivity index (χ3v) is 4.48. The van der Waals surface area contributed by atoms with Gasteiger partial charge in [-0.3, -0.25) is 4.79 Å². The Morgan fingerprint density at radius 3 is 2.54 bits per heavy atom. The first-order valence-corrected chi connectivity index (χ1v) is 8.17. The van der Waals surface area contributed by atoms with Crippen LogP contribution in [0, 0.1) is 11.8 Å². The standard InChI is InChI=1S/C20H15F2N3O/c21-16-9-13(8-12-6-7-24-20(26)17(12)16)15-10-14(18(22)25-19(15)23)11-4-2-1-3-5-11/h1-5,8-10H,6-7H2,(H2,23,25)(H,24,26). The number of amides is 1. The molecule has 1 aliphatic heterocycles. The van der Waals surface area contributed by atoms with E-state index in [2.05, 4.69) is 10.3 Å². The second-order valence-electron chi connectivity index (χ2n) is 6.12. The van der Waals surface area contributed by atoms with Crippen LogP contribution in [0.3, 0.4) is 0 Å². The first-order valence-electron chi connectivity index (χ1n) is 8.17. The van der Waals surface area contributed by atoms with E-state index >= 15 is 0 Å². The van der Waals surface area contributed by atoms with Crippen molar-refractivity contribution in [2.75, 3.05) is 12.3 Å². The zero-order valence-electron chi connectivity index (χ0n) is 13.7. The molecule has 4 nitrogen and oxygen atoms in total. The molecule has 2 aromatic carbocycles. The largest absolute Gasteiger partial charge is 0.383 e. The molecule has 0 saturated carbocycles. The monoisotopic (exact) mass is 351 g/mol. The zero-order chi connectivity index (χ0) is 18.3. The maximum Gasteiger partial charge on any atom is 0.254 e. The molecule has 0 fully saturated rings. The Bertz CT molecular complexity index is 1020. The van der Waals surface area contributed by atoms with Crippen molar-refractivity contribution in [3.05, 3.63) is 71.4 Å². The van der Waals surface area contributed by atoms with E-state index in [4.69, 9.17) is 5.73 Å². The van der Waals surface area contributed by atoms with Gasteiger partial charge in [0.2, 0.25) is 5.95 Å². The van der Waals surface area contributed by atoms with E-state index in [1.54, 1.807) is 36.4 Å². The van der Waals surface area contributed by atoms with Crippen LogP contribution in [0.2, 0.25) is 0 Å². The molecule has 0 unspecified atom stereocenters. The number of anilines is 1. The highest BCUT2D eigenvalue weighted by Crippen LogP contribution is 2.34. The molecule has 26 heavy (non-hydrogen) atoms. The second kappa shape index (κ2) is 6.22. The summed E-state index contributed by atoms with van der Waals surface area (Å²) in [5.41, 5.74) is 8.39.